The van der Waals surface area contributed by atoms with Crippen molar-refractivity contribution in [1.82, 2.24) is 0 Å². The Hall–Kier alpha value is -0.0651. The molecule has 0 aromatic heterocycles. The van der Waals surface area contributed by atoms with Gasteiger partial charge in [-0.25, -0.2) is 0 Å². The predicted octanol–water partition coefficient (Wildman–Crippen LogP) is 3.73. The number of nitrogens with two attached hydrogens (primary N) is 1. The number of hydrogen-bond donors (Lipinski definition) is 1. The van der Waals surface area contributed by atoms with E-state index >= 15 is 0 Å². The van der Waals surface area contributed by atoms with Crippen LogP contribution in [-0.4, -0.2) is 18.3 Å². The monoisotopic (exact) mass is 345 g/mol. The van der Waals surface area contributed by atoms with Crippen LogP contribution in [0.1, 0.15) is 39.2 Å². The van der Waals surface area contributed by atoms with Gasteiger partial charge in [0, 0.05) is 9.50 Å². The standard InChI is InChI=1S/C13H18BBrClNO2/c1-12(2)13(3,4)19-14(18-12)11(17)9-7-8(15)5-6-10(9)16/h5-7,11H,17H2,1-4H3/t11-/m0/s1. The summed E-state index contributed by atoms with van der Waals surface area (Å²) < 4.78 is 12.8. The van der Waals surface area contributed by atoms with Gasteiger partial charge in [-0.05, 0) is 51.5 Å². The summed E-state index contributed by atoms with van der Waals surface area (Å²) in [6.45, 7) is 8.01. The molecule has 0 spiro atoms. The quantitative estimate of drug-likeness (QED) is 0.830. The fraction of sp³-hybridized carbons (Fsp3) is 0.538. The van der Waals surface area contributed by atoms with E-state index in [1.165, 1.54) is 0 Å². The molecule has 1 aliphatic rings. The average Bonchev–Trinajstić information content (AvgIpc) is 2.51. The molecule has 1 aromatic rings. The molecular formula is C13H18BBrClNO2. The molecule has 2 N–H and O–H groups in total. The second-order valence-electron chi connectivity index (χ2n) is 5.82. The Labute approximate surface area is 128 Å². The molecule has 0 aliphatic carbocycles. The Morgan fingerprint density at radius 2 is 1.74 bits per heavy atom. The van der Waals surface area contributed by atoms with Crippen molar-refractivity contribution >= 4 is 34.6 Å². The Balaban J connectivity index is 2.27. The third kappa shape index (κ3) is 2.86. The highest BCUT2D eigenvalue weighted by Gasteiger charge is 2.53. The molecule has 19 heavy (non-hydrogen) atoms. The molecule has 1 aromatic carbocycles. The molecule has 1 saturated heterocycles. The number of benzene rings is 1. The van der Waals surface area contributed by atoms with Crippen LogP contribution in [0.4, 0.5) is 0 Å². The van der Waals surface area contributed by atoms with Crippen LogP contribution in [0, 0.1) is 0 Å². The lowest BCUT2D eigenvalue weighted by atomic mass is 9.75. The lowest BCUT2D eigenvalue weighted by Gasteiger charge is -2.32. The van der Waals surface area contributed by atoms with Gasteiger partial charge in [-0.2, -0.15) is 0 Å². The van der Waals surface area contributed by atoms with Gasteiger partial charge in [0.25, 0.3) is 0 Å². The summed E-state index contributed by atoms with van der Waals surface area (Å²) >= 11 is 9.62. The van der Waals surface area contributed by atoms with Gasteiger partial charge in [0.15, 0.2) is 0 Å². The molecule has 1 fully saturated rings. The summed E-state index contributed by atoms with van der Waals surface area (Å²) in [5.74, 6) is -0.425. The van der Waals surface area contributed by atoms with E-state index in [0.717, 1.165) is 10.0 Å². The Kier molecular flexibility index (Phi) is 4.07. The summed E-state index contributed by atoms with van der Waals surface area (Å²) in [5, 5.41) is 0.616. The maximum atomic E-state index is 6.26. The van der Waals surface area contributed by atoms with Crippen LogP contribution in [-0.2, 0) is 9.31 Å². The van der Waals surface area contributed by atoms with Crippen molar-refractivity contribution < 1.29 is 9.31 Å². The fourth-order valence-corrected chi connectivity index (χ4v) is 2.57. The zero-order valence-corrected chi connectivity index (χ0v) is 13.9. The minimum Gasteiger partial charge on any atom is -0.402 e. The van der Waals surface area contributed by atoms with E-state index in [0.29, 0.717) is 5.02 Å². The molecule has 1 atom stereocenters. The number of rotatable bonds is 2. The van der Waals surface area contributed by atoms with E-state index in [-0.39, 0.29) is 0 Å². The lowest BCUT2D eigenvalue weighted by Crippen LogP contribution is -2.41. The summed E-state index contributed by atoms with van der Waals surface area (Å²) in [6.07, 6.45) is 0. The Morgan fingerprint density at radius 3 is 2.26 bits per heavy atom. The predicted molar refractivity (Wildman–Crippen MR) is 82.2 cm³/mol. The maximum Gasteiger partial charge on any atom is 0.480 e. The summed E-state index contributed by atoms with van der Waals surface area (Å²) in [7, 11) is -0.503. The van der Waals surface area contributed by atoms with Crippen molar-refractivity contribution in [3.05, 3.63) is 33.3 Å². The van der Waals surface area contributed by atoms with Crippen LogP contribution in [0.5, 0.6) is 0 Å². The molecule has 3 nitrogen and oxygen atoms in total. The first-order chi connectivity index (χ1) is 8.64. The number of halogens is 2. The normalized spacial score (nSPS) is 22.6. The van der Waals surface area contributed by atoms with Crippen molar-refractivity contribution in [2.45, 2.75) is 44.8 Å². The average molecular weight is 346 g/mol. The van der Waals surface area contributed by atoms with Gasteiger partial charge in [-0.15, -0.1) is 0 Å². The van der Waals surface area contributed by atoms with Crippen LogP contribution in [0.25, 0.3) is 0 Å². The lowest BCUT2D eigenvalue weighted by molar-refractivity contribution is 0.00578. The summed E-state index contributed by atoms with van der Waals surface area (Å²) in [4.78, 5) is 0. The third-order valence-electron chi connectivity index (χ3n) is 3.88. The van der Waals surface area contributed by atoms with Crippen LogP contribution in [0.3, 0.4) is 0 Å². The molecule has 104 valence electrons. The minimum atomic E-state index is -0.503. The maximum absolute atomic E-state index is 6.26. The first kappa shape index (κ1) is 15.3. The topological polar surface area (TPSA) is 44.5 Å². The minimum absolute atomic E-state index is 0.395. The van der Waals surface area contributed by atoms with E-state index in [1.54, 1.807) is 0 Å². The molecule has 1 aliphatic heterocycles. The van der Waals surface area contributed by atoms with E-state index in [9.17, 15) is 0 Å². The molecule has 0 saturated carbocycles. The van der Waals surface area contributed by atoms with Gasteiger partial charge in [-0.3, -0.25) is 0 Å². The van der Waals surface area contributed by atoms with Gasteiger partial charge < -0.3 is 15.0 Å². The van der Waals surface area contributed by atoms with Crippen molar-refractivity contribution in [3.63, 3.8) is 0 Å². The summed E-state index contributed by atoms with van der Waals surface area (Å²) in [5.41, 5.74) is 6.28. The molecule has 2 rings (SSSR count). The van der Waals surface area contributed by atoms with Gasteiger partial charge in [0.1, 0.15) is 0 Å². The highest BCUT2D eigenvalue weighted by atomic mass is 79.9. The van der Waals surface area contributed by atoms with Crippen molar-refractivity contribution in [2.75, 3.05) is 0 Å². The Morgan fingerprint density at radius 1 is 1.21 bits per heavy atom. The van der Waals surface area contributed by atoms with Crippen molar-refractivity contribution in [2.24, 2.45) is 5.73 Å². The van der Waals surface area contributed by atoms with Crippen LogP contribution in [0.2, 0.25) is 5.02 Å². The molecule has 0 amide bonds. The van der Waals surface area contributed by atoms with E-state index in [1.807, 2.05) is 45.9 Å². The van der Waals surface area contributed by atoms with E-state index in [4.69, 9.17) is 26.6 Å². The van der Waals surface area contributed by atoms with Crippen molar-refractivity contribution in [3.8, 4) is 0 Å². The molecule has 0 bridgehead atoms. The third-order valence-corrected chi connectivity index (χ3v) is 4.72. The molecule has 0 radical (unpaired) electrons. The van der Waals surface area contributed by atoms with Crippen LogP contribution in [0.15, 0.2) is 22.7 Å². The second kappa shape index (κ2) is 5.04. The van der Waals surface area contributed by atoms with Gasteiger partial charge in [0.05, 0.1) is 17.1 Å². The molecule has 6 heteroatoms. The largest absolute Gasteiger partial charge is 0.480 e. The fourth-order valence-electron chi connectivity index (χ4n) is 1.95. The van der Waals surface area contributed by atoms with Gasteiger partial charge in [0.2, 0.25) is 0 Å². The van der Waals surface area contributed by atoms with E-state index < -0.39 is 24.3 Å². The molecular weight excluding hydrogens is 328 g/mol. The first-order valence-electron chi connectivity index (χ1n) is 6.20. The van der Waals surface area contributed by atoms with Crippen LogP contribution >= 0.6 is 27.5 Å². The highest BCUT2D eigenvalue weighted by Crippen LogP contribution is 2.40. The summed E-state index contributed by atoms with van der Waals surface area (Å²) in [6, 6.07) is 5.59. The SMILES string of the molecule is CC1(C)OB([C@@H](N)c2cc(Br)ccc2Cl)OC1(C)C. The highest BCUT2D eigenvalue weighted by molar-refractivity contribution is 9.10. The zero-order chi connectivity index (χ0) is 14.4. The molecule has 0 unspecified atom stereocenters. The smallest absolute Gasteiger partial charge is 0.402 e. The van der Waals surface area contributed by atoms with Crippen LogP contribution < -0.4 is 5.73 Å². The van der Waals surface area contributed by atoms with Gasteiger partial charge in [-0.1, -0.05) is 27.5 Å². The Bertz CT molecular complexity index is 480. The van der Waals surface area contributed by atoms with E-state index in [2.05, 4.69) is 15.9 Å². The second-order valence-corrected chi connectivity index (χ2v) is 7.14. The number of hydrogen-bond acceptors (Lipinski definition) is 3. The van der Waals surface area contributed by atoms with Crippen molar-refractivity contribution in [1.29, 1.82) is 0 Å². The van der Waals surface area contributed by atoms with Gasteiger partial charge >= 0.3 is 7.12 Å². The first-order valence-corrected chi connectivity index (χ1v) is 7.37. The molecule has 1 heterocycles. The zero-order valence-electron chi connectivity index (χ0n) is 11.5.